The summed E-state index contributed by atoms with van der Waals surface area (Å²) >= 11 is 5.25. The lowest BCUT2D eigenvalue weighted by molar-refractivity contribution is 0.713. The zero-order chi connectivity index (χ0) is 12.8. The second kappa shape index (κ2) is 6.59. The fourth-order valence-corrected chi connectivity index (χ4v) is 1.79. The first-order valence-corrected chi connectivity index (χ1v) is 6.53. The number of nitrogens with one attached hydrogen (secondary N) is 2. The number of aromatic nitrogens is 2. The van der Waals surface area contributed by atoms with Crippen LogP contribution in [-0.2, 0) is 7.05 Å². The lowest BCUT2D eigenvalue weighted by atomic mass is 10.1. The van der Waals surface area contributed by atoms with Crippen molar-refractivity contribution < 1.29 is 0 Å². The molecular weight excluding hydrogens is 232 g/mol. The van der Waals surface area contributed by atoms with Gasteiger partial charge in [0.25, 0.3) is 0 Å². The maximum absolute atomic E-state index is 5.25. The number of rotatable bonds is 5. The van der Waals surface area contributed by atoms with Crippen LogP contribution in [0.5, 0.6) is 0 Å². The van der Waals surface area contributed by atoms with Gasteiger partial charge in [-0.1, -0.05) is 27.2 Å². The minimum atomic E-state index is 0.386. The number of hydrogen-bond acceptors (Lipinski definition) is 2. The van der Waals surface area contributed by atoms with Gasteiger partial charge in [-0.3, -0.25) is 4.68 Å². The molecule has 0 aliphatic carbocycles. The molecule has 0 amide bonds. The predicted octanol–water partition coefficient (Wildman–Crippen LogP) is 2.63. The topological polar surface area (TPSA) is 41.9 Å². The van der Waals surface area contributed by atoms with E-state index in [1.807, 2.05) is 17.9 Å². The highest BCUT2D eigenvalue weighted by atomic mass is 32.1. The van der Waals surface area contributed by atoms with Crippen LogP contribution < -0.4 is 10.6 Å². The van der Waals surface area contributed by atoms with E-state index in [2.05, 4.69) is 36.5 Å². The van der Waals surface area contributed by atoms with Gasteiger partial charge in [-0.15, -0.1) is 0 Å². The molecule has 1 aromatic rings. The molecule has 0 atom stereocenters. The average molecular weight is 254 g/mol. The molecule has 17 heavy (non-hydrogen) atoms. The van der Waals surface area contributed by atoms with Gasteiger partial charge in [0.05, 0.1) is 11.4 Å². The van der Waals surface area contributed by atoms with Crippen LogP contribution >= 0.6 is 12.2 Å². The number of nitrogens with zero attached hydrogens (tertiary/aromatic N) is 2. The second-order valence-electron chi connectivity index (χ2n) is 4.49. The third-order valence-corrected chi connectivity index (χ3v) is 2.71. The van der Waals surface area contributed by atoms with Crippen molar-refractivity contribution in [2.75, 3.05) is 11.9 Å². The molecule has 96 valence electrons. The summed E-state index contributed by atoms with van der Waals surface area (Å²) < 4.78 is 1.81. The van der Waals surface area contributed by atoms with Crippen molar-refractivity contribution in [3.63, 3.8) is 0 Å². The molecule has 1 aromatic heterocycles. The average Bonchev–Trinajstić information content (AvgIpc) is 2.60. The highest BCUT2D eigenvalue weighted by Crippen LogP contribution is 2.21. The minimum Gasteiger partial charge on any atom is -0.362 e. The number of unbranched alkanes of at least 4 members (excludes halogenated alkanes) is 1. The zero-order valence-corrected chi connectivity index (χ0v) is 11.9. The molecule has 0 spiro atoms. The smallest absolute Gasteiger partial charge is 0.170 e. The summed E-state index contributed by atoms with van der Waals surface area (Å²) in [5.74, 6) is 0.386. The van der Waals surface area contributed by atoms with E-state index in [9.17, 15) is 0 Å². The Morgan fingerprint density at radius 1 is 1.53 bits per heavy atom. The number of thiocarbonyl (C=S) groups is 1. The van der Waals surface area contributed by atoms with Crippen LogP contribution in [0.25, 0.3) is 0 Å². The molecule has 1 rings (SSSR count). The summed E-state index contributed by atoms with van der Waals surface area (Å²) in [6.45, 7) is 7.33. The van der Waals surface area contributed by atoms with Gasteiger partial charge in [0.1, 0.15) is 0 Å². The van der Waals surface area contributed by atoms with Gasteiger partial charge in [0, 0.05) is 19.8 Å². The van der Waals surface area contributed by atoms with E-state index in [4.69, 9.17) is 12.2 Å². The Bertz CT molecular complexity index is 371. The first kappa shape index (κ1) is 14.0. The molecule has 0 fully saturated rings. The Labute approximate surface area is 109 Å². The number of hydrogen-bond donors (Lipinski definition) is 2. The summed E-state index contributed by atoms with van der Waals surface area (Å²) in [5.41, 5.74) is 2.05. The molecule has 4 nitrogen and oxygen atoms in total. The Morgan fingerprint density at radius 3 is 2.82 bits per heavy atom. The predicted molar refractivity (Wildman–Crippen MR) is 76.4 cm³/mol. The quantitative estimate of drug-likeness (QED) is 0.626. The SMILES string of the molecule is CCCCNC(=S)Nc1cn(C)nc1C(C)C. The third-order valence-electron chi connectivity index (χ3n) is 2.47. The van der Waals surface area contributed by atoms with Gasteiger partial charge in [-0.25, -0.2) is 0 Å². The van der Waals surface area contributed by atoms with Crippen LogP contribution in [0.4, 0.5) is 5.69 Å². The molecule has 0 saturated heterocycles. The largest absolute Gasteiger partial charge is 0.362 e. The fraction of sp³-hybridized carbons (Fsp3) is 0.667. The summed E-state index contributed by atoms with van der Waals surface area (Å²) in [4.78, 5) is 0. The number of aryl methyl sites for hydroxylation is 1. The highest BCUT2D eigenvalue weighted by molar-refractivity contribution is 7.80. The van der Waals surface area contributed by atoms with Crippen molar-refractivity contribution in [3.8, 4) is 0 Å². The molecule has 0 radical (unpaired) electrons. The van der Waals surface area contributed by atoms with E-state index in [1.54, 1.807) is 0 Å². The van der Waals surface area contributed by atoms with E-state index in [-0.39, 0.29) is 0 Å². The van der Waals surface area contributed by atoms with Crippen LogP contribution in [-0.4, -0.2) is 21.4 Å². The lowest BCUT2D eigenvalue weighted by Gasteiger charge is -2.10. The van der Waals surface area contributed by atoms with E-state index in [0.717, 1.165) is 24.3 Å². The molecular formula is C12H22N4S. The molecule has 1 heterocycles. The van der Waals surface area contributed by atoms with Crippen molar-refractivity contribution in [1.29, 1.82) is 0 Å². The zero-order valence-electron chi connectivity index (χ0n) is 11.1. The maximum Gasteiger partial charge on any atom is 0.170 e. The van der Waals surface area contributed by atoms with Crippen molar-refractivity contribution in [2.24, 2.45) is 7.05 Å². The minimum absolute atomic E-state index is 0.386. The van der Waals surface area contributed by atoms with Crippen molar-refractivity contribution in [3.05, 3.63) is 11.9 Å². The normalized spacial score (nSPS) is 10.6. The Balaban J connectivity index is 2.58. The first-order chi connectivity index (χ1) is 8.04. The van der Waals surface area contributed by atoms with Crippen molar-refractivity contribution >= 4 is 23.0 Å². The molecule has 5 heteroatoms. The summed E-state index contributed by atoms with van der Waals surface area (Å²) in [6.07, 6.45) is 4.26. The van der Waals surface area contributed by atoms with Crippen molar-refractivity contribution in [2.45, 2.75) is 39.5 Å². The molecule has 0 aromatic carbocycles. The Hall–Kier alpha value is -1.10. The summed E-state index contributed by atoms with van der Waals surface area (Å²) in [5, 5.41) is 11.5. The van der Waals surface area contributed by atoms with Gasteiger partial charge in [-0.2, -0.15) is 5.10 Å². The standard InChI is InChI=1S/C12H22N4S/c1-5-6-7-13-12(17)14-10-8-16(4)15-11(10)9(2)3/h8-9H,5-7H2,1-4H3,(H2,13,14,17). The van der Waals surface area contributed by atoms with Gasteiger partial charge < -0.3 is 10.6 Å². The summed E-state index contributed by atoms with van der Waals surface area (Å²) in [6, 6.07) is 0. The Kier molecular flexibility index (Phi) is 5.41. The van der Waals surface area contributed by atoms with Gasteiger partial charge >= 0.3 is 0 Å². The van der Waals surface area contributed by atoms with Gasteiger partial charge in [0.2, 0.25) is 0 Å². The van der Waals surface area contributed by atoms with Crippen LogP contribution in [0.3, 0.4) is 0 Å². The van der Waals surface area contributed by atoms with E-state index < -0.39 is 0 Å². The van der Waals surface area contributed by atoms with Gasteiger partial charge in [0.15, 0.2) is 5.11 Å². The molecule has 0 bridgehead atoms. The third kappa shape index (κ3) is 4.34. The van der Waals surface area contributed by atoms with Crippen LogP contribution in [0.15, 0.2) is 6.20 Å². The molecule has 0 aliphatic heterocycles. The maximum atomic E-state index is 5.25. The lowest BCUT2D eigenvalue weighted by Crippen LogP contribution is -2.29. The number of anilines is 1. The van der Waals surface area contributed by atoms with Crippen LogP contribution in [0.1, 0.15) is 45.2 Å². The van der Waals surface area contributed by atoms with E-state index in [0.29, 0.717) is 11.0 Å². The van der Waals surface area contributed by atoms with Gasteiger partial charge in [-0.05, 0) is 24.6 Å². The van der Waals surface area contributed by atoms with Crippen molar-refractivity contribution in [1.82, 2.24) is 15.1 Å². The van der Waals surface area contributed by atoms with E-state index >= 15 is 0 Å². The van der Waals surface area contributed by atoms with E-state index in [1.165, 1.54) is 6.42 Å². The molecule has 0 saturated carbocycles. The Morgan fingerprint density at radius 2 is 2.24 bits per heavy atom. The highest BCUT2D eigenvalue weighted by Gasteiger charge is 2.11. The van der Waals surface area contributed by atoms with Crippen LogP contribution in [0, 0.1) is 0 Å². The summed E-state index contributed by atoms with van der Waals surface area (Å²) in [7, 11) is 1.92. The first-order valence-electron chi connectivity index (χ1n) is 6.13. The fourth-order valence-electron chi connectivity index (χ4n) is 1.57. The van der Waals surface area contributed by atoms with Crippen LogP contribution in [0.2, 0.25) is 0 Å². The second-order valence-corrected chi connectivity index (χ2v) is 4.90. The molecule has 0 unspecified atom stereocenters. The monoisotopic (exact) mass is 254 g/mol. The molecule has 2 N–H and O–H groups in total. The molecule has 0 aliphatic rings.